The van der Waals surface area contributed by atoms with Gasteiger partial charge in [0.1, 0.15) is 5.69 Å². The van der Waals surface area contributed by atoms with Crippen LogP contribution in [0.2, 0.25) is 0 Å². The smallest absolute Gasteiger partial charge is 0.267 e. The number of hydrogen-bond acceptors (Lipinski definition) is 3. The average Bonchev–Trinajstić information content (AvgIpc) is 2.95. The number of amides is 1. The van der Waals surface area contributed by atoms with E-state index in [0.717, 1.165) is 28.3 Å². The van der Waals surface area contributed by atoms with E-state index >= 15 is 0 Å². The van der Waals surface area contributed by atoms with Crippen molar-refractivity contribution in [3.05, 3.63) is 65.4 Å². The minimum absolute atomic E-state index is 0.188. The first-order valence-electron chi connectivity index (χ1n) is 7.74. The van der Waals surface area contributed by atoms with Gasteiger partial charge >= 0.3 is 0 Å². The number of aromatic nitrogens is 1. The fraction of sp³-hybridized carbons (Fsp3) is 0.167. The number of nitrogens with one attached hydrogen (secondary N) is 3. The number of carbonyl (C=O) groups is 1. The van der Waals surface area contributed by atoms with Gasteiger partial charge in [0.05, 0.1) is 6.26 Å². The maximum atomic E-state index is 12.3. The third-order valence-corrected chi connectivity index (χ3v) is 4.34. The summed E-state index contributed by atoms with van der Waals surface area (Å²) in [7, 11) is -3.29. The van der Waals surface area contributed by atoms with Crippen LogP contribution >= 0.6 is 0 Å². The van der Waals surface area contributed by atoms with Gasteiger partial charge in [0.15, 0.2) is 0 Å². The summed E-state index contributed by atoms with van der Waals surface area (Å²) in [6, 6.07) is 14.7. The van der Waals surface area contributed by atoms with Crippen LogP contribution in [-0.4, -0.2) is 25.6 Å². The number of rotatable bonds is 5. The Hall–Kier alpha value is -2.80. The van der Waals surface area contributed by atoms with Gasteiger partial charge in [0.25, 0.3) is 5.91 Å². The van der Waals surface area contributed by atoms with Crippen LogP contribution in [0.25, 0.3) is 10.9 Å². The molecule has 0 aliphatic heterocycles. The van der Waals surface area contributed by atoms with E-state index in [-0.39, 0.29) is 5.91 Å². The van der Waals surface area contributed by atoms with Crippen LogP contribution in [0.4, 0.5) is 5.69 Å². The lowest BCUT2D eigenvalue weighted by Gasteiger charge is -2.07. The lowest BCUT2D eigenvalue weighted by atomic mass is 10.2. The standard InChI is InChI=1S/C18H19N3O3S/c1-12-3-8-16-14(9-12)10-17(20-16)18(22)19-11-13-4-6-15(7-5-13)21-25(2,23)24/h3-10,20-21H,11H2,1-2H3,(H,19,22). The van der Waals surface area contributed by atoms with Gasteiger partial charge in [-0.25, -0.2) is 8.42 Å². The molecule has 0 atom stereocenters. The van der Waals surface area contributed by atoms with Crippen molar-refractivity contribution in [3.8, 4) is 0 Å². The van der Waals surface area contributed by atoms with Crippen molar-refractivity contribution >= 4 is 32.5 Å². The van der Waals surface area contributed by atoms with E-state index in [1.54, 1.807) is 24.3 Å². The Bertz CT molecular complexity index is 1020. The molecule has 0 saturated heterocycles. The van der Waals surface area contributed by atoms with Crippen LogP contribution in [0.15, 0.2) is 48.5 Å². The third kappa shape index (κ3) is 4.39. The number of carbonyl (C=O) groups excluding carboxylic acids is 1. The van der Waals surface area contributed by atoms with E-state index in [0.29, 0.717) is 17.9 Å². The summed E-state index contributed by atoms with van der Waals surface area (Å²) in [5.74, 6) is -0.188. The molecule has 25 heavy (non-hydrogen) atoms. The summed E-state index contributed by atoms with van der Waals surface area (Å²) < 4.78 is 24.8. The number of fused-ring (bicyclic) bond motifs is 1. The Morgan fingerprint density at radius 3 is 2.48 bits per heavy atom. The second kappa shape index (κ2) is 6.60. The number of benzene rings is 2. The first kappa shape index (κ1) is 17.0. The van der Waals surface area contributed by atoms with Gasteiger partial charge in [-0.05, 0) is 42.8 Å². The maximum absolute atomic E-state index is 12.3. The second-order valence-electron chi connectivity index (χ2n) is 6.03. The molecular weight excluding hydrogens is 338 g/mol. The maximum Gasteiger partial charge on any atom is 0.267 e. The van der Waals surface area contributed by atoms with Gasteiger partial charge in [0, 0.05) is 23.1 Å². The lowest BCUT2D eigenvalue weighted by molar-refractivity contribution is 0.0946. The number of sulfonamides is 1. The van der Waals surface area contributed by atoms with E-state index in [1.165, 1.54) is 0 Å². The number of aromatic amines is 1. The summed E-state index contributed by atoms with van der Waals surface area (Å²) >= 11 is 0. The van der Waals surface area contributed by atoms with Crippen molar-refractivity contribution in [2.45, 2.75) is 13.5 Å². The predicted octanol–water partition coefficient (Wildman–Crippen LogP) is 2.78. The van der Waals surface area contributed by atoms with Crippen LogP contribution in [-0.2, 0) is 16.6 Å². The van der Waals surface area contributed by atoms with Gasteiger partial charge in [-0.1, -0.05) is 23.8 Å². The van der Waals surface area contributed by atoms with Crippen molar-refractivity contribution in [3.63, 3.8) is 0 Å². The summed E-state index contributed by atoms with van der Waals surface area (Å²) in [5.41, 5.74) is 3.94. The molecule has 130 valence electrons. The molecule has 3 N–H and O–H groups in total. The zero-order valence-corrected chi connectivity index (χ0v) is 14.8. The molecule has 3 rings (SSSR count). The van der Waals surface area contributed by atoms with Crippen LogP contribution < -0.4 is 10.0 Å². The third-order valence-electron chi connectivity index (χ3n) is 3.73. The Kier molecular flexibility index (Phi) is 4.50. The van der Waals surface area contributed by atoms with Crippen molar-refractivity contribution < 1.29 is 13.2 Å². The number of anilines is 1. The van der Waals surface area contributed by atoms with E-state index in [2.05, 4.69) is 15.0 Å². The molecular formula is C18H19N3O3S. The molecule has 0 fully saturated rings. The largest absolute Gasteiger partial charge is 0.351 e. The normalized spacial score (nSPS) is 11.4. The van der Waals surface area contributed by atoms with Crippen molar-refractivity contribution in [1.29, 1.82) is 0 Å². The highest BCUT2D eigenvalue weighted by atomic mass is 32.2. The second-order valence-corrected chi connectivity index (χ2v) is 7.78. The molecule has 1 heterocycles. The molecule has 1 aromatic heterocycles. The van der Waals surface area contributed by atoms with E-state index < -0.39 is 10.0 Å². The fourth-order valence-electron chi connectivity index (χ4n) is 2.56. The van der Waals surface area contributed by atoms with E-state index in [9.17, 15) is 13.2 Å². The summed E-state index contributed by atoms with van der Waals surface area (Å²) in [5, 5.41) is 3.85. The first-order chi connectivity index (χ1) is 11.8. The first-order valence-corrected chi connectivity index (χ1v) is 9.64. The molecule has 0 bridgehead atoms. The highest BCUT2D eigenvalue weighted by molar-refractivity contribution is 7.92. The monoisotopic (exact) mass is 357 g/mol. The molecule has 0 aliphatic rings. The number of hydrogen-bond donors (Lipinski definition) is 3. The Balaban J connectivity index is 1.65. The molecule has 2 aromatic carbocycles. The molecule has 0 aliphatic carbocycles. The lowest BCUT2D eigenvalue weighted by Crippen LogP contribution is -2.23. The zero-order valence-electron chi connectivity index (χ0n) is 14.0. The molecule has 0 radical (unpaired) electrons. The van der Waals surface area contributed by atoms with Crippen LogP contribution in [0.5, 0.6) is 0 Å². The van der Waals surface area contributed by atoms with Gasteiger partial charge in [-0.15, -0.1) is 0 Å². The minimum atomic E-state index is -3.29. The van der Waals surface area contributed by atoms with Gasteiger partial charge in [-0.3, -0.25) is 9.52 Å². The van der Waals surface area contributed by atoms with Gasteiger partial charge in [-0.2, -0.15) is 0 Å². The highest BCUT2D eigenvalue weighted by Gasteiger charge is 2.09. The highest BCUT2D eigenvalue weighted by Crippen LogP contribution is 2.17. The summed E-state index contributed by atoms with van der Waals surface area (Å²) in [6.07, 6.45) is 1.10. The van der Waals surface area contributed by atoms with Gasteiger partial charge in [0.2, 0.25) is 10.0 Å². The van der Waals surface area contributed by atoms with E-state index in [1.807, 2.05) is 31.2 Å². The predicted molar refractivity (Wildman–Crippen MR) is 99.1 cm³/mol. The van der Waals surface area contributed by atoms with Crippen LogP contribution in [0.3, 0.4) is 0 Å². The zero-order chi connectivity index (χ0) is 18.0. The average molecular weight is 357 g/mol. The molecule has 3 aromatic rings. The Labute approximate surface area is 146 Å². The fourth-order valence-corrected chi connectivity index (χ4v) is 3.12. The topological polar surface area (TPSA) is 91.1 Å². The summed E-state index contributed by atoms with van der Waals surface area (Å²) in [6.45, 7) is 2.36. The minimum Gasteiger partial charge on any atom is -0.351 e. The number of H-pyrrole nitrogens is 1. The van der Waals surface area contributed by atoms with Crippen LogP contribution in [0.1, 0.15) is 21.6 Å². The quantitative estimate of drug-likeness (QED) is 0.656. The molecule has 0 saturated carbocycles. The Morgan fingerprint density at radius 1 is 1.08 bits per heavy atom. The van der Waals surface area contributed by atoms with Crippen molar-refractivity contribution in [1.82, 2.24) is 10.3 Å². The molecule has 0 spiro atoms. The van der Waals surface area contributed by atoms with Gasteiger partial charge < -0.3 is 10.3 Å². The molecule has 6 nitrogen and oxygen atoms in total. The molecule has 0 unspecified atom stereocenters. The van der Waals surface area contributed by atoms with E-state index in [4.69, 9.17) is 0 Å². The number of aryl methyl sites for hydroxylation is 1. The van der Waals surface area contributed by atoms with Crippen LogP contribution in [0, 0.1) is 6.92 Å². The van der Waals surface area contributed by atoms with Crippen molar-refractivity contribution in [2.75, 3.05) is 11.0 Å². The summed E-state index contributed by atoms with van der Waals surface area (Å²) in [4.78, 5) is 15.4. The Morgan fingerprint density at radius 2 is 1.80 bits per heavy atom. The molecule has 1 amide bonds. The van der Waals surface area contributed by atoms with Crippen molar-refractivity contribution in [2.24, 2.45) is 0 Å². The molecule has 7 heteroatoms. The SMILES string of the molecule is Cc1ccc2[nH]c(C(=O)NCc3ccc(NS(C)(=O)=O)cc3)cc2c1.